The number of aromatic nitrogens is 3. The maximum absolute atomic E-state index is 13.5. The molecule has 2 aromatic heterocycles. The molecular weight excluding hydrogens is 499 g/mol. The topological polar surface area (TPSA) is 137 Å². The fourth-order valence-electron chi connectivity index (χ4n) is 4.31. The average molecular weight is 522 g/mol. The second-order valence-electron chi connectivity index (χ2n) is 9.12. The first-order valence-electron chi connectivity index (χ1n) is 11.2. The third-order valence-electron chi connectivity index (χ3n) is 6.26. The van der Waals surface area contributed by atoms with Gasteiger partial charge < -0.3 is 14.7 Å². The van der Waals surface area contributed by atoms with Gasteiger partial charge in [-0.1, -0.05) is 5.16 Å². The van der Waals surface area contributed by atoms with Gasteiger partial charge in [-0.15, -0.1) is 10.2 Å². The van der Waals surface area contributed by atoms with Gasteiger partial charge in [0.2, 0.25) is 10.0 Å². The summed E-state index contributed by atoms with van der Waals surface area (Å²) in [4.78, 5) is 1.67. The van der Waals surface area contributed by atoms with Crippen molar-refractivity contribution in [2.75, 3.05) is 24.7 Å². The van der Waals surface area contributed by atoms with Gasteiger partial charge in [-0.3, -0.25) is 0 Å². The number of piperazine rings is 1. The molecule has 36 heavy (non-hydrogen) atoms. The van der Waals surface area contributed by atoms with Crippen LogP contribution in [0.25, 0.3) is 22.4 Å². The minimum Gasteiger partial charge on any atom is -0.365 e. The van der Waals surface area contributed by atoms with Gasteiger partial charge in [0.15, 0.2) is 5.58 Å². The number of rotatable bonds is 7. The van der Waals surface area contributed by atoms with Crippen LogP contribution >= 0.6 is 0 Å². The lowest BCUT2D eigenvalue weighted by Crippen LogP contribution is -2.56. The number of benzene rings is 1. The normalized spacial score (nSPS) is 21.6. The Morgan fingerprint density at radius 1 is 1.31 bits per heavy atom. The number of nitrogens with zero attached hydrogens (tertiary/aromatic N) is 5. The summed E-state index contributed by atoms with van der Waals surface area (Å²) < 4.78 is 74.0. The fraction of sp³-hybridized carbons (Fsp3) is 0.455. The van der Waals surface area contributed by atoms with Gasteiger partial charge in [-0.05, 0) is 44.0 Å². The van der Waals surface area contributed by atoms with E-state index in [1.54, 1.807) is 0 Å². The Bertz CT molecular complexity index is 1440. The summed E-state index contributed by atoms with van der Waals surface area (Å²) in [6, 6.07) is 6.56. The molecule has 0 bridgehead atoms. The lowest BCUT2D eigenvalue weighted by molar-refractivity contribution is 0.145. The summed E-state index contributed by atoms with van der Waals surface area (Å²) in [5, 5.41) is 24.1. The summed E-state index contributed by atoms with van der Waals surface area (Å²) in [5.41, 5.74) is -0.835. The van der Waals surface area contributed by atoms with Crippen LogP contribution < -0.4 is 14.9 Å². The van der Waals surface area contributed by atoms with Crippen molar-refractivity contribution in [2.24, 2.45) is 0 Å². The van der Waals surface area contributed by atoms with Gasteiger partial charge in [0.1, 0.15) is 29.3 Å². The number of alkyl halides is 3. The van der Waals surface area contributed by atoms with Crippen LogP contribution in [0.1, 0.15) is 31.9 Å². The number of sulfonamides is 1. The molecule has 2 unspecified atom stereocenters. The second kappa shape index (κ2) is 8.99. The van der Waals surface area contributed by atoms with Crippen LogP contribution in [0.15, 0.2) is 33.7 Å². The second-order valence-corrected chi connectivity index (χ2v) is 10.8. The van der Waals surface area contributed by atoms with Crippen molar-refractivity contribution < 1.29 is 26.1 Å². The molecule has 2 fully saturated rings. The molecule has 2 aliphatic rings. The smallest absolute Gasteiger partial charge is 0.282 e. The molecule has 14 heteroatoms. The maximum Gasteiger partial charge on any atom is 0.282 e. The highest BCUT2D eigenvalue weighted by Crippen LogP contribution is 2.39. The number of hydrogen-bond donors (Lipinski definition) is 2. The zero-order valence-electron chi connectivity index (χ0n) is 19.1. The predicted octanol–water partition coefficient (Wildman–Crippen LogP) is 2.69. The number of nitrogens with one attached hydrogen (secondary N) is 2. The summed E-state index contributed by atoms with van der Waals surface area (Å²) in [6.45, 7) is 1.93. The third kappa shape index (κ3) is 4.49. The highest BCUT2D eigenvalue weighted by atomic mass is 32.2. The van der Waals surface area contributed by atoms with Crippen molar-refractivity contribution in [3.05, 3.63) is 30.0 Å². The fourth-order valence-corrected chi connectivity index (χ4v) is 5.73. The van der Waals surface area contributed by atoms with Crippen molar-refractivity contribution in [1.29, 1.82) is 5.26 Å². The minimum atomic E-state index is -4.14. The number of nitriles is 1. The Labute approximate surface area is 204 Å². The lowest BCUT2D eigenvalue weighted by atomic mass is 10.1. The summed E-state index contributed by atoms with van der Waals surface area (Å²) in [6.07, 6.45) is -2.01. The van der Waals surface area contributed by atoms with E-state index in [4.69, 9.17) is 4.52 Å². The van der Waals surface area contributed by atoms with Crippen LogP contribution in [-0.4, -0.2) is 61.2 Å². The zero-order chi connectivity index (χ0) is 25.7. The summed E-state index contributed by atoms with van der Waals surface area (Å²) >= 11 is 0. The van der Waals surface area contributed by atoms with E-state index in [1.165, 1.54) is 18.2 Å². The Kier molecular flexibility index (Phi) is 6.09. The SMILES string of the molecule is CC1CN(c2cc(S(=O)(=O)NC3(C#N)CC3)cc3c(-c4ccc(C(F)F)nn4)noc23)CC(CF)N1. The molecule has 190 valence electrons. The van der Waals surface area contributed by atoms with E-state index in [9.17, 15) is 26.9 Å². The van der Waals surface area contributed by atoms with Gasteiger partial charge in [0.25, 0.3) is 6.43 Å². The van der Waals surface area contributed by atoms with Crippen LogP contribution in [0.3, 0.4) is 0 Å². The van der Waals surface area contributed by atoms with E-state index in [-0.39, 0.29) is 39.8 Å². The predicted molar refractivity (Wildman–Crippen MR) is 122 cm³/mol. The van der Waals surface area contributed by atoms with Crippen molar-refractivity contribution in [1.82, 2.24) is 25.4 Å². The van der Waals surface area contributed by atoms with E-state index in [0.717, 1.165) is 6.07 Å². The highest BCUT2D eigenvalue weighted by Gasteiger charge is 2.47. The summed E-state index contributed by atoms with van der Waals surface area (Å²) in [7, 11) is -4.14. The van der Waals surface area contributed by atoms with Gasteiger partial charge in [0, 0.05) is 19.1 Å². The van der Waals surface area contributed by atoms with Crippen molar-refractivity contribution >= 4 is 26.7 Å². The molecular formula is C22H22F3N7O3S. The van der Waals surface area contributed by atoms with Gasteiger partial charge in [-0.25, -0.2) is 21.6 Å². The molecule has 0 radical (unpaired) electrons. The van der Waals surface area contributed by atoms with E-state index < -0.39 is 40.4 Å². The molecule has 1 aliphatic carbocycles. The Hall–Kier alpha value is -3.28. The highest BCUT2D eigenvalue weighted by molar-refractivity contribution is 7.89. The molecule has 3 heterocycles. The number of anilines is 1. The van der Waals surface area contributed by atoms with Crippen molar-refractivity contribution in [3.8, 4) is 17.5 Å². The van der Waals surface area contributed by atoms with Crippen molar-refractivity contribution in [3.63, 3.8) is 0 Å². The Morgan fingerprint density at radius 2 is 2.08 bits per heavy atom. The minimum absolute atomic E-state index is 0.101. The molecule has 1 aliphatic heterocycles. The van der Waals surface area contributed by atoms with E-state index >= 15 is 0 Å². The van der Waals surface area contributed by atoms with Gasteiger partial charge >= 0.3 is 0 Å². The van der Waals surface area contributed by atoms with Gasteiger partial charge in [-0.2, -0.15) is 9.98 Å². The lowest BCUT2D eigenvalue weighted by Gasteiger charge is -2.38. The number of halogens is 3. The van der Waals surface area contributed by atoms with Crippen molar-refractivity contribution in [2.45, 2.75) is 48.7 Å². The first-order valence-corrected chi connectivity index (χ1v) is 12.7. The largest absolute Gasteiger partial charge is 0.365 e. The molecule has 2 N–H and O–H groups in total. The molecule has 0 spiro atoms. The Balaban J connectivity index is 1.65. The molecule has 2 atom stereocenters. The standard InChI is InChI=1S/C22H22F3N7O3S/c1-12-9-32(10-13(8-23)27-12)18-7-14(36(33,34)31-22(11-26)4-5-22)6-15-19(30-35-20(15)18)16-2-3-17(21(24)25)29-28-16/h2-3,6-7,12-13,21,27,31H,4-5,8-10H2,1H3. The average Bonchev–Trinajstić information content (AvgIpc) is 3.49. The third-order valence-corrected chi connectivity index (χ3v) is 7.78. The Morgan fingerprint density at radius 3 is 2.69 bits per heavy atom. The van der Waals surface area contributed by atoms with Crippen LogP contribution in [0.2, 0.25) is 0 Å². The maximum atomic E-state index is 13.5. The molecule has 10 nitrogen and oxygen atoms in total. The molecule has 0 amide bonds. The molecule has 1 saturated heterocycles. The zero-order valence-corrected chi connectivity index (χ0v) is 19.9. The molecule has 1 aromatic carbocycles. The molecule has 3 aromatic rings. The molecule has 5 rings (SSSR count). The van der Waals surface area contributed by atoms with E-state index in [2.05, 4.69) is 25.4 Å². The quantitative estimate of drug-likeness (QED) is 0.481. The van der Waals surface area contributed by atoms with Crippen LogP contribution in [0, 0.1) is 11.3 Å². The number of hydrogen-bond acceptors (Lipinski definition) is 9. The summed E-state index contributed by atoms with van der Waals surface area (Å²) in [5.74, 6) is 0. The first kappa shape index (κ1) is 24.4. The van der Waals surface area contributed by atoms with E-state index in [1.807, 2.05) is 17.9 Å². The van der Waals surface area contributed by atoms with Crippen LogP contribution in [0.5, 0.6) is 0 Å². The molecule has 1 saturated carbocycles. The van der Waals surface area contributed by atoms with E-state index in [0.29, 0.717) is 25.1 Å². The monoisotopic (exact) mass is 521 g/mol. The number of fused-ring (bicyclic) bond motifs is 1. The van der Waals surface area contributed by atoms with Gasteiger partial charge in [0.05, 0.1) is 28.1 Å². The first-order chi connectivity index (χ1) is 17.1. The van der Waals surface area contributed by atoms with Crippen LogP contribution in [-0.2, 0) is 10.0 Å². The van der Waals surface area contributed by atoms with Crippen LogP contribution in [0.4, 0.5) is 18.9 Å².